The number of nitrogens with one attached hydrogen (secondary N) is 1. The summed E-state index contributed by atoms with van der Waals surface area (Å²) in [5.41, 5.74) is 2.67. The summed E-state index contributed by atoms with van der Waals surface area (Å²) in [5, 5.41) is 6.26. The maximum absolute atomic E-state index is 3.56. The molecule has 0 saturated carbocycles. The molecule has 2 heterocycles. The van der Waals surface area contributed by atoms with Crippen LogP contribution in [0.2, 0.25) is 0 Å². The third-order valence-corrected chi connectivity index (χ3v) is 4.34. The SMILES string of the molecule is C1=CCC2=c3[nH]c4ccccc4c3=CSC2=C1. The van der Waals surface area contributed by atoms with E-state index >= 15 is 0 Å². The number of H-pyrrole nitrogens is 1. The lowest BCUT2D eigenvalue weighted by molar-refractivity contribution is 1.26. The summed E-state index contributed by atoms with van der Waals surface area (Å²) in [5.74, 6) is 0. The zero-order chi connectivity index (χ0) is 11.2. The molecule has 0 unspecified atom stereocenters. The van der Waals surface area contributed by atoms with Crippen LogP contribution >= 0.6 is 11.8 Å². The average molecular weight is 237 g/mol. The van der Waals surface area contributed by atoms with Gasteiger partial charge in [0.1, 0.15) is 0 Å². The number of hydrogen-bond donors (Lipinski definition) is 1. The first-order valence-corrected chi connectivity index (χ1v) is 6.65. The molecule has 1 aliphatic heterocycles. The van der Waals surface area contributed by atoms with Gasteiger partial charge in [0.25, 0.3) is 0 Å². The molecule has 1 aliphatic carbocycles. The molecule has 17 heavy (non-hydrogen) atoms. The van der Waals surface area contributed by atoms with Gasteiger partial charge in [-0.05, 0) is 29.5 Å². The van der Waals surface area contributed by atoms with Crippen LogP contribution in [0.5, 0.6) is 0 Å². The minimum atomic E-state index is 1.03. The predicted octanol–water partition coefficient (Wildman–Crippen LogP) is 2.65. The van der Waals surface area contributed by atoms with Crippen LogP contribution in [-0.4, -0.2) is 4.98 Å². The fraction of sp³-hybridized carbons (Fsp3) is 0.0667. The Balaban J connectivity index is 2.22. The molecule has 2 aliphatic rings. The van der Waals surface area contributed by atoms with Gasteiger partial charge in [0.15, 0.2) is 0 Å². The largest absolute Gasteiger partial charge is 0.354 e. The molecular formula is C15H11NS. The van der Waals surface area contributed by atoms with Crippen LogP contribution in [0.3, 0.4) is 0 Å². The van der Waals surface area contributed by atoms with Gasteiger partial charge in [-0.1, -0.05) is 42.1 Å². The molecule has 0 radical (unpaired) electrons. The number of benzene rings is 1. The molecule has 1 nitrogen and oxygen atoms in total. The van der Waals surface area contributed by atoms with Crippen LogP contribution in [0.4, 0.5) is 0 Å². The van der Waals surface area contributed by atoms with Crippen LogP contribution in [0, 0.1) is 0 Å². The van der Waals surface area contributed by atoms with Gasteiger partial charge in [-0.2, -0.15) is 0 Å². The molecule has 2 aromatic rings. The smallest absolute Gasteiger partial charge is 0.0517 e. The monoisotopic (exact) mass is 237 g/mol. The summed E-state index contributed by atoms with van der Waals surface area (Å²) in [4.78, 5) is 4.94. The lowest BCUT2D eigenvalue weighted by Gasteiger charge is -2.13. The molecule has 4 rings (SSSR count). The Hall–Kier alpha value is -1.67. The first kappa shape index (κ1) is 9.37. The normalized spacial score (nSPS) is 17.4. The summed E-state index contributed by atoms with van der Waals surface area (Å²) >= 11 is 1.84. The third kappa shape index (κ3) is 1.28. The van der Waals surface area contributed by atoms with E-state index in [0.29, 0.717) is 0 Å². The molecule has 0 amide bonds. The van der Waals surface area contributed by atoms with E-state index in [9.17, 15) is 0 Å². The Kier molecular flexibility index (Phi) is 1.88. The summed E-state index contributed by atoms with van der Waals surface area (Å²) in [6.45, 7) is 0. The number of para-hydroxylation sites is 1. The Morgan fingerprint density at radius 3 is 3.12 bits per heavy atom. The number of aromatic amines is 1. The van der Waals surface area contributed by atoms with Crippen molar-refractivity contribution in [3.63, 3.8) is 0 Å². The van der Waals surface area contributed by atoms with E-state index in [-0.39, 0.29) is 0 Å². The highest BCUT2D eigenvalue weighted by Gasteiger charge is 2.14. The van der Waals surface area contributed by atoms with Crippen molar-refractivity contribution in [2.75, 3.05) is 0 Å². The first-order valence-electron chi connectivity index (χ1n) is 5.77. The van der Waals surface area contributed by atoms with E-state index in [0.717, 1.165) is 6.42 Å². The fourth-order valence-electron chi connectivity index (χ4n) is 2.52. The number of aromatic nitrogens is 1. The molecular weight excluding hydrogens is 226 g/mol. The van der Waals surface area contributed by atoms with E-state index < -0.39 is 0 Å². The van der Waals surface area contributed by atoms with Gasteiger partial charge in [-0.25, -0.2) is 0 Å². The average Bonchev–Trinajstić information content (AvgIpc) is 2.78. The van der Waals surface area contributed by atoms with E-state index in [4.69, 9.17) is 0 Å². The van der Waals surface area contributed by atoms with Crippen molar-refractivity contribution >= 4 is 33.6 Å². The molecule has 0 saturated heterocycles. The molecule has 1 aromatic carbocycles. The minimum absolute atomic E-state index is 1.03. The summed E-state index contributed by atoms with van der Waals surface area (Å²) in [6, 6.07) is 8.52. The van der Waals surface area contributed by atoms with Gasteiger partial charge < -0.3 is 4.98 Å². The van der Waals surface area contributed by atoms with Gasteiger partial charge in [0.2, 0.25) is 0 Å². The summed E-state index contributed by atoms with van der Waals surface area (Å²) in [7, 11) is 0. The zero-order valence-electron chi connectivity index (χ0n) is 9.23. The van der Waals surface area contributed by atoms with Crippen molar-refractivity contribution in [2.24, 2.45) is 0 Å². The number of rotatable bonds is 0. The zero-order valence-corrected chi connectivity index (χ0v) is 10.1. The Morgan fingerprint density at radius 2 is 2.12 bits per heavy atom. The van der Waals surface area contributed by atoms with Crippen LogP contribution in [0.1, 0.15) is 6.42 Å². The molecule has 2 heteroatoms. The van der Waals surface area contributed by atoms with Crippen molar-refractivity contribution < 1.29 is 0 Å². The van der Waals surface area contributed by atoms with Crippen LogP contribution < -0.4 is 10.6 Å². The quantitative estimate of drug-likeness (QED) is 0.745. The highest BCUT2D eigenvalue weighted by atomic mass is 32.2. The van der Waals surface area contributed by atoms with Crippen molar-refractivity contribution in [2.45, 2.75) is 6.42 Å². The predicted molar refractivity (Wildman–Crippen MR) is 74.9 cm³/mol. The van der Waals surface area contributed by atoms with Gasteiger partial charge in [-0.3, -0.25) is 0 Å². The van der Waals surface area contributed by atoms with E-state index in [2.05, 4.69) is 52.9 Å². The lowest BCUT2D eigenvalue weighted by Crippen LogP contribution is -2.28. The van der Waals surface area contributed by atoms with Crippen LogP contribution in [0.15, 0.2) is 47.4 Å². The van der Waals surface area contributed by atoms with Gasteiger partial charge in [0.05, 0.1) is 5.35 Å². The molecule has 1 aromatic heterocycles. The second-order valence-corrected chi connectivity index (χ2v) is 5.25. The Morgan fingerprint density at radius 1 is 1.18 bits per heavy atom. The maximum Gasteiger partial charge on any atom is 0.0517 e. The lowest BCUT2D eigenvalue weighted by atomic mass is 10.1. The molecule has 0 atom stereocenters. The third-order valence-electron chi connectivity index (χ3n) is 3.35. The summed E-state index contributed by atoms with van der Waals surface area (Å²) < 4.78 is 0. The van der Waals surface area contributed by atoms with Gasteiger partial charge in [-0.15, -0.1) is 0 Å². The molecule has 82 valence electrons. The van der Waals surface area contributed by atoms with Crippen molar-refractivity contribution in [1.82, 2.24) is 4.98 Å². The van der Waals surface area contributed by atoms with E-state index in [1.54, 1.807) is 0 Å². The topological polar surface area (TPSA) is 15.8 Å². The van der Waals surface area contributed by atoms with E-state index in [1.165, 1.54) is 31.9 Å². The van der Waals surface area contributed by atoms with E-state index in [1.807, 2.05) is 11.8 Å². The maximum atomic E-state index is 3.56. The minimum Gasteiger partial charge on any atom is -0.354 e. The highest BCUT2D eigenvalue weighted by molar-refractivity contribution is 8.10. The van der Waals surface area contributed by atoms with Gasteiger partial charge in [0, 0.05) is 21.0 Å². The number of fused-ring (bicyclic) bond motifs is 4. The fourth-order valence-corrected chi connectivity index (χ4v) is 3.50. The van der Waals surface area contributed by atoms with Crippen molar-refractivity contribution in [1.29, 1.82) is 0 Å². The number of hydrogen-bond acceptors (Lipinski definition) is 1. The summed E-state index contributed by atoms with van der Waals surface area (Å²) in [6.07, 6.45) is 7.61. The molecule has 1 N–H and O–H groups in total. The second-order valence-electron chi connectivity index (χ2n) is 4.34. The van der Waals surface area contributed by atoms with Crippen molar-refractivity contribution in [3.05, 3.63) is 58.0 Å². The van der Waals surface area contributed by atoms with Crippen LogP contribution in [0.25, 0.3) is 21.9 Å². The second kappa shape index (κ2) is 3.41. The Bertz CT molecular complexity index is 790. The number of thioether (sulfide) groups is 1. The van der Waals surface area contributed by atoms with Crippen molar-refractivity contribution in [3.8, 4) is 0 Å². The molecule has 0 spiro atoms. The Labute approximate surface area is 103 Å². The molecule has 0 fully saturated rings. The molecule has 0 bridgehead atoms. The van der Waals surface area contributed by atoms with Crippen LogP contribution in [-0.2, 0) is 0 Å². The first-order chi connectivity index (χ1) is 8.43. The van der Waals surface area contributed by atoms with Gasteiger partial charge >= 0.3 is 0 Å². The number of allylic oxidation sites excluding steroid dienone is 4. The highest BCUT2D eigenvalue weighted by Crippen LogP contribution is 2.32. The standard InChI is InChI=1S/C15H11NS/c1-3-7-13-10(5-1)12-9-17-14-8-4-2-6-11(14)15(12)16-13/h1-5,7-9,16H,6H2.